The van der Waals surface area contributed by atoms with Gasteiger partial charge in [-0.1, -0.05) is 12.1 Å². The number of aryl methyl sites for hydroxylation is 1. The monoisotopic (exact) mass is 280 g/mol. The number of amides is 1. The fourth-order valence-corrected chi connectivity index (χ4v) is 2.30. The molecule has 3 rings (SSSR count). The molecule has 1 amide bonds. The highest BCUT2D eigenvalue weighted by molar-refractivity contribution is 6.07. The molecule has 0 saturated heterocycles. The summed E-state index contributed by atoms with van der Waals surface area (Å²) in [6, 6.07) is 7.76. The Hall–Kier alpha value is -2.69. The molecule has 0 aliphatic heterocycles. The average molecular weight is 280 g/mol. The van der Waals surface area contributed by atoms with Crippen molar-refractivity contribution in [2.75, 3.05) is 14.1 Å². The summed E-state index contributed by atoms with van der Waals surface area (Å²) in [6.45, 7) is 2.01. The number of benzene rings is 1. The fraction of sp³-hybridized carbons (Fsp3) is 0.188. The van der Waals surface area contributed by atoms with Gasteiger partial charge in [0.25, 0.3) is 5.91 Å². The zero-order valence-electron chi connectivity index (χ0n) is 12.2. The third-order valence-electron chi connectivity index (χ3n) is 3.40. The van der Waals surface area contributed by atoms with E-state index in [0.717, 1.165) is 27.7 Å². The largest absolute Gasteiger partial charge is 0.345 e. The van der Waals surface area contributed by atoms with E-state index in [1.54, 1.807) is 31.4 Å². The smallest absolute Gasteiger partial charge is 0.254 e. The van der Waals surface area contributed by atoms with Crippen molar-refractivity contribution in [3.05, 3.63) is 47.8 Å². The number of pyridine rings is 1. The van der Waals surface area contributed by atoms with Crippen LogP contribution in [0.15, 0.2) is 36.7 Å². The molecule has 3 aromatic rings. The van der Waals surface area contributed by atoms with Crippen molar-refractivity contribution in [1.82, 2.24) is 20.1 Å². The highest BCUT2D eigenvalue weighted by Crippen LogP contribution is 2.25. The number of rotatable bonds is 2. The predicted molar refractivity (Wildman–Crippen MR) is 82.1 cm³/mol. The average Bonchev–Trinajstić information content (AvgIpc) is 2.99. The first-order chi connectivity index (χ1) is 10.1. The molecule has 1 N–H and O–H groups in total. The van der Waals surface area contributed by atoms with Gasteiger partial charge in [-0.3, -0.25) is 9.89 Å². The second-order valence-electron chi connectivity index (χ2n) is 5.26. The fourth-order valence-electron chi connectivity index (χ4n) is 2.30. The van der Waals surface area contributed by atoms with Crippen molar-refractivity contribution in [3.8, 4) is 11.3 Å². The van der Waals surface area contributed by atoms with Crippen LogP contribution in [0, 0.1) is 6.92 Å². The quantitative estimate of drug-likeness (QED) is 0.785. The minimum atomic E-state index is -0.0315. The number of nitrogens with one attached hydrogen (secondary N) is 1. The lowest BCUT2D eigenvalue weighted by molar-refractivity contribution is 0.0829. The van der Waals surface area contributed by atoms with Gasteiger partial charge >= 0.3 is 0 Å². The first kappa shape index (κ1) is 13.3. The van der Waals surface area contributed by atoms with Gasteiger partial charge < -0.3 is 4.90 Å². The molecule has 5 nitrogen and oxygen atoms in total. The van der Waals surface area contributed by atoms with E-state index < -0.39 is 0 Å². The van der Waals surface area contributed by atoms with E-state index >= 15 is 0 Å². The number of fused-ring (bicyclic) bond motifs is 1. The summed E-state index contributed by atoms with van der Waals surface area (Å²) >= 11 is 0. The van der Waals surface area contributed by atoms with E-state index in [-0.39, 0.29) is 5.91 Å². The molecule has 0 unspecified atom stereocenters. The van der Waals surface area contributed by atoms with Crippen LogP contribution in [0.5, 0.6) is 0 Å². The summed E-state index contributed by atoms with van der Waals surface area (Å²) in [4.78, 5) is 18.7. The minimum absolute atomic E-state index is 0.0315. The van der Waals surface area contributed by atoms with E-state index in [1.807, 2.05) is 31.2 Å². The van der Waals surface area contributed by atoms with Crippen LogP contribution >= 0.6 is 0 Å². The van der Waals surface area contributed by atoms with E-state index in [9.17, 15) is 4.79 Å². The lowest BCUT2D eigenvalue weighted by Gasteiger charge is -2.14. The topological polar surface area (TPSA) is 61.9 Å². The Morgan fingerprint density at radius 1 is 1.24 bits per heavy atom. The second kappa shape index (κ2) is 5.01. The summed E-state index contributed by atoms with van der Waals surface area (Å²) in [6.07, 6.45) is 3.47. The molecule has 5 heteroatoms. The summed E-state index contributed by atoms with van der Waals surface area (Å²) in [5.74, 6) is -0.0315. The molecular weight excluding hydrogens is 264 g/mol. The molecule has 2 aromatic heterocycles. The SMILES string of the molecule is Cc1ccc2c(C(=O)N(C)C)cc(-c3cn[nH]c3)nc2c1. The summed E-state index contributed by atoms with van der Waals surface area (Å²) < 4.78 is 0. The van der Waals surface area contributed by atoms with Crippen LogP contribution in [-0.2, 0) is 0 Å². The van der Waals surface area contributed by atoms with Crippen molar-refractivity contribution in [1.29, 1.82) is 0 Å². The van der Waals surface area contributed by atoms with Crippen molar-refractivity contribution in [2.45, 2.75) is 6.92 Å². The van der Waals surface area contributed by atoms with E-state index in [0.29, 0.717) is 5.56 Å². The van der Waals surface area contributed by atoms with Crippen LogP contribution in [0.2, 0.25) is 0 Å². The molecule has 0 atom stereocenters. The molecule has 106 valence electrons. The van der Waals surface area contributed by atoms with Crippen LogP contribution in [0.4, 0.5) is 0 Å². The highest BCUT2D eigenvalue weighted by atomic mass is 16.2. The van der Waals surface area contributed by atoms with Crippen LogP contribution in [-0.4, -0.2) is 40.1 Å². The number of carbonyl (C=O) groups is 1. The molecule has 0 spiro atoms. The third kappa shape index (κ3) is 2.38. The van der Waals surface area contributed by atoms with Gasteiger partial charge in [0, 0.05) is 31.2 Å². The molecule has 0 saturated carbocycles. The molecule has 0 fully saturated rings. The highest BCUT2D eigenvalue weighted by Gasteiger charge is 2.15. The number of hydrogen-bond acceptors (Lipinski definition) is 3. The van der Waals surface area contributed by atoms with Crippen molar-refractivity contribution in [3.63, 3.8) is 0 Å². The summed E-state index contributed by atoms with van der Waals surface area (Å²) in [5.41, 5.74) is 4.20. The molecule has 0 aliphatic carbocycles. The van der Waals surface area contributed by atoms with Crippen LogP contribution in [0.3, 0.4) is 0 Å². The predicted octanol–water partition coefficient (Wildman–Crippen LogP) is 2.64. The van der Waals surface area contributed by atoms with Crippen molar-refractivity contribution < 1.29 is 4.79 Å². The zero-order chi connectivity index (χ0) is 15.0. The minimum Gasteiger partial charge on any atom is -0.345 e. The number of H-pyrrole nitrogens is 1. The number of aromatic nitrogens is 3. The Morgan fingerprint density at radius 3 is 2.71 bits per heavy atom. The summed E-state index contributed by atoms with van der Waals surface area (Å²) in [5, 5.41) is 7.59. The van der Waals surface area contributed by atoms with Gasteiger partial charge in [-0.2, -0.15) is 5.10 Å². The van der Waals surface area contributed by atoms with Gasteiger partial charge in [0.15, 0.2) is 0 Å². The molecule has 0 bridgehead atoms. The van der Waals surface area contributed by atoms with Gasteiger partial charge in [0.1, 0.15) is 0 Å². The lowest BCUT2D eigenvalue weighted by Crippen LogP contribution is -2.22. The molecule has 21 heavy (non-hydrogen) atoms. The van der Waals surface area contributed by atoms with Crippen LogP contribution in [0.1, 0.15) is 15.9 Å². The molecule has 2 heterocycles. The maximum absolute atomic E-state index is 12.4. The molecule has 1 aromatic carbocycles. The zero-order valence-corrected chi connectivity index (χ0v) is 12.2. The van der Waals surface area contributed by atoms with Gasteiger partial charge in [-0.05, 0) is 24.6 Å². The Kier molecular flexibility index (Phi) is 3.17. The molecular formula is C16H16N4O. The van der Waals surface area contributed by atoms with Gasteiger partial charge in [0.2, 0.25) is 0 Å². The maximum Gasteiger partial charge on any atom is 0.254 e. The number of carbonyl (C=O) groups excluding carboxylic acids is 1. The first-order valence-electron chi connectivity index (χ1n) is 6.68. The van der Waals surface area contributed by atoms with E-state index in [2.05, 4.69) is 15.2 Å². The van der Waals surface area contributed by atoms with Crippen molar-refractivity contribution in [2.24, 2.45) is 0 Å². The van der Waals surface area contributed by atoms with E-state index in [4.69, 9.17) is 0 Å². The Morgan fingerprint density at radius 2 is 2.05 bits per heavy atom. The number of nitrogens with zero attached hydrogens (tertiary/aromatic N) is 3. The Bertz CT molecular complexity index is 807. The first-order valence-corrected chi connectivity index (χ1v) is 6.68. The van der Waals surface area contributed by atoms with Crippen molar-refractivity contribution >= 4 is 16.8 Å². The molecule has 0 aliphatic rings. The standard InChI is InChI=1S/C16H16N4O/c1-10-4-5-12-13(16(21)20(2)3)7-14(19-15(12)6-10)11-8-17-18-9-11/h4-9H,1-3H3,(H,17,18). The Labute approximate surface area is 122 Å². The molecule has 0 radical (unpaired) electrons. The number of hydrogen-bond donors (Lipinski definition) is 1. The second-order valence-corrected chi connectivity index (χ2v) is 5.26. The van der Waals surface area contributed by atoms with Gasteiger partial charge in [0.05, 0.1) is 23.0 Å². The van der Waals surface area contributed by atoms with Gasteiger partial charge in [-0.25, -0.2) is 4.98 Å². The Balaban J connectivity index is 2.30. The van der Waals surface area contributed by atoms with Crippen LogP contribution < -0.4 is 0 Å². The van der Waals surface area contributed by atoms with Crippen LogP contribution in [0.25, 0.3) is 22.2 Å². The normalized spacial score (nSPS) is 10.8. The third-order valence-corrected chi connectivity index (χ3v) is 3.40. The van der Waals surface area contributed by atoms with E-state index in [1.165, 1.54) is 0 Å². The lowest BCUT2D eigenvalue weighted by atomic mass is 10.0. The van der Waals surface area contributed by atoms with Gasteiger partial charge in [-0.15, -0.1) is 0 Å². The maximum atomic E-state index is 12.4. The summed E-state index contributed by atoms with van der Waals surface area (Å²) in [7, 11) is 3.50. The number of aromatic amines is 1.